The van der Waals surface area contributed by atoms with Gasteiger partial charge in [0.25, 0.3) is 11.8 Å². The van der Waals surface area contributed by atoms with E-state index >= 15 is 0 Å². The largest absolute Gasteiger partial charge is 0.336 e. The van der Waals surface area contributed by atoms with Crippen molar-refractivity contribution >= 4 is 34.7 Å². The van der Waals surface area contributed by atoms with Gasteiger partial charge in [0, 0.05) is 50.0 Å². The summed E-state index contributed by atoms with van der Waals surface area (Å²) >= 11 is 1.42. The Kier molecular flexibility index (Phi) is 6.42. The molecule has 0 spiro atoms. The van der Waals surface area contributed by atoms with E-state index in [2.05, 4.69) is 10.4 Å². The van der Waals surface area contributed by atoms with E-state index in [0.29, 0.717) is 43.2 Å². The van der Waals surface area contributed by atoms with E-state index < -0.39 is 0 Å². The van der Waals surface area contributed by atoms with Gasteiger partial charge in [-0.05, 0) is 42.8 Å². The molecule has 3 aromatic rings. The summed E-state index contributed by atoms with van der Waals surface area (Å²) in [5.74, 6) is -0.518. The first-order chi connectivity index (χ1) is 16.9. The van der Waals surface area contributed by atoms with Gasteiger partial charge in [0.05, 0.1) is 17.3 Å². The normalized spacial score (nSPS) is 17.7. The first-order valence-corrected chi connectivity index (χ1v) is 12.8. The Morgan fingerprint density at radius 2 is 1.89 bits per heavy atom. The maximum absolute atomic E-state index is 13.6. The summed E-state index contributed by atoms with van der Waals surface area (Å²) in [6.07, 6.45) is 2.16. The number of hydrogen-bond donors (Lipinski definition) is 1. The summed E-state index contributed by atoms with van der Waals surface area (Å²) in [5.41, 5.74) is 4.02. The second-order valence-electron chi connectivity index (χ2n) is 9.25. The van der Waals surface area contributed by atoms with E-state index in [0.717, 1.165) is 35.3 Å². The number of para-hydroxylation sites is 1. The topological polar surface area (TPSA) is 87.5 Å². The molecule has 1 atom stereocenters. The summed E-state index contributed by atoms with van der Waals surface area (Å²) in [6.45, 7) is 3.88. The van der Waals surface area contributed by atoms with Gasteiger partial charge in [0.2, 0.25) is 5.91 Å². The van der Waals surface area contributed by atoms with Crippen molar-refractivity contribution in [2.45, 2.75) is 32.7 Å². The van der Waals surface area contributed by atoms with Gasteiger partial charge in [-0.15, -0.1) is 11.3 Å². The zero-order valence-corrected chi connectivity index (χ0v) is 20.8. The average molecular weight is 492 g/mol. The van der Waals surface area contributed by atoms with Gasteiger partial charge in [-0.25, -0.2) is 0 Å². The highest BCUT2D eigenvalue weighted by Gasteiger charge is 2.34. The van der Waals surface area contributed by atoms with Crippen molar-refractivity contribution in [2.24, 2.45) is 13.0 Å². The maximum atomic E-state index is 13.6. The molecule has 3 amide bonds. The molecule has 0 bridgehead atoms. The van der Waals surface area contributed by atoms with Crippen LogP contribution < -0.4 is 5.32 Å². The van der Waals surface area contributed by atoms with Crippen molar-refractivity contribution in [2.75, 3.05) is 25.0 Å². The number of anilines is 1. The van der Waals surface area contributed by atoms with Crippen LogP contribution in [-0.2, 0) is 24.8 Å². The van der Waals surface area contributed by atoms with E-state index in [9.17, 15) is 14.4 Å². The molecule has 9 heteroatoms. The minimum absolute atomic E-state index is 0.0150. The molecule has 1 aromatic carbocycles. The summed E-state index contributed by atoms with van der Waals surface area (Å²) in [4.78, 5) is 43.7. The number of carbonyl (C=O) groups is 3. The fourth-order valence-corrected chi connectivity index (χ4v) is 5.66. The lowest BCUT2D eigenvalue weighted by Crippen LogP contribution is -2.44. The number of amides is 3. The lowest BCUT2D eigenvalue weighted by molar-refractivity contribution is -0.121. The minimum Gasteiger partial charge on any atom is -0.336 e. The van der Waals surface area contributed by atoms with E-state index in [-0.39, 0.29) is 23.6 Å². The zero-order chi connectivity index (χ0) is 24.5. The molecule has 2 aromatic heterocycles. The maximum Gasteiger partial charge on any atom is 0.274 e. The van der Waals surface area contributed by atoms with E-state index in [1.807, 2.05) is 55.7 Å². The molecule has 0 saturated carbocycles. The van der Waals surface area contributed by atoms with Crippen LogP contribution in [-0.4, -0.2) is 56.9 Å². The van der Waals surface area contributed by atoms with Crippen LogP contribution in [0.5, 0.6) is 0 Å². The second kappa shape index (κ2) is 9.65. The van der Waals surface area contributed by atoms with Crippen LogP contribution in [0.25, 0.3) is 0 Å². The molecule has 35 heavy (non-hydrogen) atoms. The van der Waals surface area contributed by atoms with Crippen LogP contribution in [0, 0.1) is 12.8 Å². The van der Waals surface area contributed by atoms with Crippen molar-refractivity contribution < 1.29 is 14.4 Å². The molecule has 0 unspecified atom stereocenters. The smallest absolute Gasteiger partial charge is 0.274 e. The molecule has 0 radical (unpaired) electrons. The number of hydrogen-bond acceptors (Lipinski definition) is 5. The van der Waals surface area contributed by atoms with Gasteiger partial charge < -0.3 is 15.1 Å². The Bertz CT molecular complexity index is 1270. The fraction of sp³-hybridized carbons (Fsp3) is 0.385. The highest BCUT2D eigenvalue weighted by atomic mass is 32.1. The molecule has 8 nitrogen and oxygen atoms in total. The zero-order valence-electron chi connectivity index (χ0n) is 20.0. The number of rotatable bonds is 4. The van der Waals surface area contributed by atoms with Gasteiger partial charge in [0.15, 0.2) is 5.69 Å². The predicted molar refractivity (Wildman–Crippen MR) is 134 cm³/mol. The van der Waals surface area contributed by atoms with E-state index in [1.54, 1.807) is 14.5 Å². The van der Waals surface area contributed by atoms with Crippen molar-refractivity contribution in [1.82, 2.24) is 19.6 Å². The summed E-state index contributed by atoms with van der Waals surface area (Å²) < 4.78 is 1.77. The van der Waals surface area contributed by atoms with Crippen molar-refractivity contribution in [3.63, 3.8) is 0 Å². The Labute approximate surface area is 208 Å². The lowest BCUT2D eigenvalue weighted by Gasteiger charge is -2.32. The molecule has 0 aliphatic carbocycles. The number of carbonyl (C=O) groups excluding carboxylic acids is 3. The Balaban J connectivity index is 1.31. The quantitative estimate of drug-likeness (QED) is 0.605. The third kappa shape index (κ3) is 4.60. The number of thiophene rings is 1. The summed E-state index contributed by atoms with van der Waals surface area (Å²) in [6, 6.07) is 11.4. The number of nitrogens with one attached hydrogen (secondary N) is 1. The number of fused-ring (bicyclic) bond motifs is 1. The highest BCUT2D eigenvalue weighted by Crippen LogP contribution is 2.27. The molecule has 4 heterocycles. The van der Waals surface area contributed by atoms with Crippen LogP contribution in [0.2, 0.25) is 0 Å². The monoisotopic (exact) mass is 491 g/mol. The number of nitrogens with zero attached hydrogens (tertiary/aromatic N) is 4. The molecule has 182 valence electrons. The van der Waals surface area contributed by atoms with Crippen molar-refractivity contribution in [1.29, 1.82) is 0 Å². The van der Waals surface area contributed by atoms with Crippen molar-refractivity contribution in [3.05, 3.63) is 69.2 Å². The standard InChI is InChI=1S/C26H29N5O3S/c1-17-7-3-4-9-20(17)27-24(32)18-8-5-12-30(15-18)26(34)23-19-16-31(13-11-21(19)29(2)28-23)25(33)22-10-6-14-35-22/h3-4,6-7,9-10,14,18H,5,8,11-13,15-16H2,1-2H3,(H,27,32)/t18-/m1/s1. The van der Waals surface area contributed by atoms with Crippen LogP contribution in [0.1, 0.15) is 49.8 Å². The Morgan fingerprint density at radius 1 is 1.06 bits per heavy atom. The Hall–Kier alpha value is -3.46. The van der Waals surface area contributed by atoms with Crippen LogP contribution in [0.15, 0.2) is 41.8 Å². The molecule has 1 saturated heterocycles. The molecule has 2 aliphatic heterocycles. The van der Waals surface area contributed by atoms with Crippen LogP contribution >= 0.6 is 11.3 Å². The van der Waals surface area contributed by atoms with Gasteiger partial charge in [-0.3, -0.25) is 19.1 Å². The third-order valence-corrected chi connectivity index (χ3v) is 7.80. The molecule has 1 fully saturated rings. The molecule has 1 N–H and O–H groups in total. The molecule has 5 rings (SSSR count). The number of aromatic nitrogens is 2. The van der Waals surface area contributed by atoms with Gasteiger partial charge in [-0.2, -0.15) is 5.10 Å². The van der Waals surface area contributed by atoms with Crippen LogP contribution in [0.3, 0.4) is 0 Å². The summed E-state index contributed by atoms with van der Waals surface area (Å²) in [7, 11) is 1.85. The first-order valence-electron chi connectivity index (χ1n) is 12.0. The van der Waals surface area contributed by atoms with Crippen LogP contribution in [0.4, 0.5) is 5.69 Å². The number of likely N-dealkylation sites (tertiary alicyclic amines) is 1. The first kappa shape index (κ1) is 23.3. The number of benzene rings is 1. The average Bonchev–Trinajstić information content (AvgIpc) is 3.53. The lowest BCUT2D eigenvalue weighted by atomic mass is 9.96. The van der Waals surface area contributed by atoms with Crippen molar-refractivity contribution in [3.8, 4) is 0 Å². The molecular weight excluding hydrogens is 462 g/mol. The van der Waals surface area contributed by atoms with E-state index in [4.69, 9.17) is 0 Å². The number of aryl methyl sites for hydroxylation is 2. The minimum atomic E-state index is -0.274. The fourth-order valence-electron chi connectivity index (χ4n) is 4.97. The van der Waals surface area contributed by atoms with E-state index in [1.165, 1.54) is 11.3 Å². The molecule has 2 aliphatic rings. The second-order valence-corrected chi connectivity index (χ2v) is 10.2. The van der Waals surface area contributed by atoms with Gasteiger partial charge in [-0.1, -0.05) is 24.3 Å². The Morgan fingerprint density at radius 3 is 2.66 bits per heavy atom. The third-order valence-electron chi connectivity index (χ3n) is 6.95. The number of piperidine rings is 1. The predicted octanol–water partition coefficient (Wildman–Crippen LogP) is 3.48. The van der Waals surface area contributed by atoms with Gasteiger partial charge in [0.1, 0.15) is 0 Å². The molecular formula is C26H29N5O3S. The highest BCUT2D eigenvalue weighted by molar-refractivity contribution is 7.12. The summed E-state index contributed by atoms with van der Waals surface area (Å²) in [5, 5.41) is 9.48. The van der Waals surface area contributed by atoms with Gasteiger partial charge >= 0.3 is 0 Å². The SMILES string of the molecule is Cc1ccccc1NC(=O)[C@@H]1CCCN(C(=O)c2nn(C)c3c2CN(C(=O)c2cccs2)CC3)C1.